The van der Waals surface area contributed by atoms with Crippen LogP contribution in [0.1, 0.15) is 47.6 Å². The predicted octanol–water partition coefficient (Wildman–Crippen LogP) is 3.68. The Labute approximate surface area is 148 Å². The Bertz CT molecular complexity index is 891. The molecule has 7 nitrogen and oxygen atoms in total. The fraction of sp³-hybridized carbons (Fsp3) is 0.353. The number of carbonyl (C=O) groups is 1. The van der Waals surface area contributed by atoms with E-state index in [1.165, 1.54) is 17.6 Å². The molecule has 0 aliphatic heterocycles. The van der Waals surface area contributed by atoms with E-state index >= 15 is 0 Å². The van der Waals surface area contributed by atoms with E-state index in [-0.39, 0.29) is 11.7 Å². The highest BCUT2D eigenvalue weighted by Gasteiger charge is 2.36. The molecular formula is C17H18N4O3S. The average molecular weight is 358 g/mol. The molecule has 130 valence electrons. The van der Waals surface area contributed by atoms with Crippen molar-refractivity contribution in [3.63, 3.8) is 0 Å². The molecule has 0 unspecified atom stereocenters. The summed E-state index contributed by atoms with van der Waals surface area (Å²) in [5.74, 6) is 0.969. The normalized spacial score (nSPS) is 16.2. The van der Waals surface area contributed by atoms with Crippen LogP contribution in [0.15, 0.2) is 33.4 Å². The Morgan fingerprint density at radius 1 is 1.40 bits per heavy atom. The number of aromatic nitrogens is 2. The van der Waals surface area contributed by atoms with Gasteiger partial charge in [0.25, 0.3) is 11.8 Å². The molecule has 3 aromatic heterocycles. The highest BCUT2D eigenvalue weighted by Crippen LogP contribution is 2.38. The fourth-order valence-electron chi connectivity index (χ4n) is 3.08. The summed E-state index contributed by atoms with van der Waals surface area (Å²) in [6.07, 6.45) is 5.38. The van der Waals surface area contributed by atoms with E-state index in [0.717, 1.165) is 36.1 Å². The molecule has 3 aromatic rings. The van der Waals surface area contributed by atoms with Crippen molar-refractivity contribution in [3.05, 3.63) is 41.6 Å². The minimum Gasteiger partial charge on any atom is -0.459 e. The molecule has 1 aliphatic rings. The molecule has 0 radical (unpaired) electrons. The van der Waals surface area contributed by atoms with Crippen LogP contribution in [0, 0.1) is 6.92 Å². The second-order valence-corrected chi connectivity index (χ2v) is 7.39. The second-order valence-electron chi connectivity index (χ2n) is 6.34. The van der Waals surface area contributed by atoms with Crippen molar-refractivity contribution in [1.29, 1.82) is 0 Å². The Balaban J connectivity index is 1.56. The van der Waals surface area contributed by atoms with E-state index in [1.807, 2.05) is 13.0 Å². The Kier molecular flexibility index (Phi) is 3.93. The lowest BCUT2D eigenvalue weighted by molar-refractivity contribution is 0.0997. The molecule has 0 atom stereocenters. The first-order valence-electron chi connectivity index (χ1n) is 8.14. The second kappa shape index (κ2) is 6.12. The number of hydrogen-bond donors (Lipinski definition) is 2. The topological polar surface area (TPSA) is 107 Å². The van der Waals surface area contributed by atoms with E-state index in [0.29, 0.717) is 16.7 Å². The van der Waals surface area contributed by atoms with Crippen LogP contribution in [0.2, 0.25) is 0 Å². The highest BCUT2D eigenvalue weighted by atomic mass is 32.1. The first-order valence-corrected chi connectivity index (χ1v) is 8.95. The number of rotatable bonds is 4. The maximum atomic E-state index is 12.1. The van der Waals surface area contributed by atoms with E-state index in [2.05, 4.69) is 15.5 Å². The number of nitrogens with zero attached hydrogens (tertiary/aromatic N) is 2. The molecule has 0 spiro atoms. The van der Waals surface area contributed by atoms with Gasteiger partial charge in [-0.3, -0.25) is 4.79 Å². The molecule has 8 heteroatoms. The summed E-state index contributed by atoms with van der Waals surface area (Å²) in [5.41, 5.74) is 6.85. The number of thiophene rings is 1. The maximum absolute atomic E-state index is 12.1. The Morgan fingerprint density at radius 2 is 2.20 bits per heavy atom. The van der Waals surface area contributed by atoms with Crippen molar-refractivity contribution >= 4 is 22.2 Å². The molecule has 1 aliphatic carbocycles. The van der Waals surface area contributed by atoms with Gasteiger partial charge in [0, 0.05) is 0 Å². The molecule has 4 rings (SSSR count). The molecule has 0 saturated heterocycles. The molecule has 25 heavy (non-hydrogen) atoms. The molecule has 3 heterocycles. The lowest BCUT2D eigenvalue weighted by Gasteiger charge is -2.17. The number of carbonyl (C=O) groups excluding carboxylic acids is 1. The number of furan rings is 1. The lowest BCUT2D eigenvalue weighted by Crippen LogP contribution is -2.34. The van der Waals surface area contributed by atoms with Gasteiger partial charge < -0.3 is 20.0 Å². The summed E-state index contributed by atoms with van der Waals surface area (Å²) < 4.78 is 10.5. The third-order valence-corrected chi connectivity index (χ3v) is 5.60. The molecule has 1 saturated carbocycles. The number of anilines is 1. The van der Waals surface area contributed by atoms with E-state index < -0.39 is 5.54 Å². The van der Waals surface area contributed by atoms with Crippen molar-refractivity contribution < 1.29 is 13.7 Å². The van der Waals surface area contributed by atoms with Crippen LogP contribution in [0.3, 0.4) is 0 Å². The van der Waals surface area contributed by atoms with Gasteiger partial charge in [-0.15, -0.1) is 11.3 Å². The van der Waals surface area contributed by atoms with Gasteiger partial charge in [0.2, 0.25) is 0 Å². The van der Waals surface area contributed by atoms with Crippen LogP contribution in [0.5, 0.6) is 0 Å². The fourth-order valence-corrected chi connectivity index (χ4v) is 4.07. The molecule has 3 N–H and O–H groups in total. The van der Waals surface area contributed by atoms with Gasteiger partial charge in [-0.2, -0.15) is 4.98 Å². The molecule has 0 aromatic carbocycles. The average Bonchev–Trinajstić information content (AvgIpc) is 3.34. The molecular weight excluding hydrogens is 340 g/mol. The highest BCUT2D eigenvalue weighted by molar-refractivity contribution is 7.19. The smallest absolute Gasteiger partial charge is 0.291 e. The van der Waals surface area contributed by atoms with Crippen LogP contribution >= 0.6 is 11.3 Å². The number of nitrogens with one attached hydrogen (secondary N) is 1. The summed E-state index contributed by atoms with van der Waals surface area (Å²) in [7, 11) is 0. The third kappa shape index (κ3) is 2.98. The summed E-state index contributed by atoms with van der Waals surface area (Å²) in [5, 5.41) is 7.60. The summed E-state index contributed by atoms with van der Waals surface area (Å²) in [6, 6.07) is 5.16. The van der Waals surface area contributed by atoms with E-state index in [4.69, 9.17) is 14.7 Å². The number of aryl methyl sites for hydroxylation is 1. The van der Waals surface area contributed by atoms with Crippen LogP contribution in [-0.2, 0) is 5.54 Å². The molecule has 1 amide bonds. The molecule has 1 fully saturated rings. The lowest BCUT2D eigenvalue weighted by atomic mass is 9.99. The van der Waals surface area contributed by atoms with Crippen molar-refractivity contribution in [2.45, 2.75) is 38.1 Å². The van der Waals surface area contributed by atoms with Gasteiger partial charge in [0.15, 0.2) is 11.6 Å². The van der Waals surface area contributed by atoms with Crippen molar-refractivity contribution in [1.82, 2.24) is 10.1 Å². The van der Waals surface area contributed by atoms with Crippen LogP contribution in [-0.4, -0.2) is 16.0 Å². The van der Waals surface area contributed by atoms with Crippen molar-refractivity contribution in [2.75, 3.05) is 5.32 Å². The van der Waals surface area contributed by atoms with E-state index in [9.17, 15) is 4.79 Å². The van der Waals surface area contributed by atoms with Crippen LogP contribution in [0.25, 0.3) is 10.8 Å². The Hall–Kier alpha value is -2.45. The maximum Gasteiger partial charge on any atom is 0.291 e. The van der Waals surface area contributed by atoms with Gasteiger partial charge in [0.05, 0.1) is 21.7 Å². The van der Waals surface area contributed by atoms with Gasteiger partial charge in [-0.05, 0) is 43.5 Å². The summed E-state index contributed by atoms with van der Waals surface area (Å²) in [6.45, 7) is 1.94. The largest absolute Gasteiger partial charge is 0.459 e. The quantitative estimate of drug-likeness (QED) is 0.737. The summed E-state index contributed by atoms with van der Waals surface area (Å²) in [4.78, 5) is 17.4. The minimum atomic E-state index is -0.483. The van der Waals surface area contributed by atoms with Crippen molar-refractivity contribution in [3.8, 4) is 10.8 Å². The SMILES string of the molecule is Cc1cc(NC(=O)c2ccco2)sc1-c1nc(C2(N)CCCC2)no1. The Morgan fingerprint density at radius 3 is 2.92 bits per heavy atom. The van der Waals surface area contributed by atoms with Gasteiger partial charge in [0.1, 0.15) is 0 Å². The number of hydrogen-bond acceptors (Lipinski definition) is 7. The van der Waals surface area contributed by atoms with Crippen LogP contribution in [0.4, 0.5) is 5.00 Å². The van der Waals surface area contributed by atoms with Crippen molar-refractivity contribution in [2.24, 2.45) is 5.73 Å². The monoisotopic (exact) mass is 358 g/mol. The zero-order valence-electron chi connectivity index (χ0n) is 13.7. The molecule has 0 bridgehead atoms. The van der Waals surface area contributed by atoms with Crippen LogP contribution < -0.4 is 11.1 Å². The van der Waals surface area contributed by atoms with Gasteiger partial charge in [-0.1, -0.05) is 18.0 Å². The first-order chi connectivity index (χ1) is 12.0. The number of nitrogens with two attached hydrogens (primary N) is 1. The van der Waals surface area contributed by atoms with Gasteiger partial charge >= 0.3 is 0 Å². The van der Waals surface area contributed by atoms with E-state index in [1.54, 1.807) is 12.1 Å². The predicted molar refractivity (Wildman–Crippen MR) is 93.3 cm³/mol. The zero-order valence-corrected chi connectivity index (χ0v) is 14.6. The standard InChI is InChI=1S/C17H18N4O3S/c1-10-9-12(19-14(22)11-5-4-8-23-11)25-13(10)15-20-16(21-24-15)17(18)6-2-3-7-17/h4-5,8-9H,2-3,6-7,18H2,1H3,(H,19,22). The number of amides is 1. The summed E-state index contributed by atoms with van der Waals surface area (Å²) >= 11 is 1.38. The minimum absolute atomic E-state index is 0.263. The third-order valence-electron chi connectivity index (χ3n) is 4.46. The zero-order chi connectivity index (χ0) is 17.4. The van der Waals surface area contributed by atoms with Gasteiger partial charge in [-0.25, -0.2) is 0 Å². The first kappa shape index (κ1) is 16.0.